The van der Waals surface area contributed by atoms with Gasteiger partial charge >= 0.3 is 0 Å². The van der Waals surface area contributed by atoms with E-state index in [0.717, 1.165) is 44.5 Å². The summed E-state index contributed by atoms with van der Waals surface area (Å²) in [6.07, 6.45) is 0. The van der Waals surface area contributed by atoms with Gasteiger partial charge in [0.15, 0.2) is 11.4 Å². The van der Waals surface area contributed by atoms with Gasteiger partial charge in [-0.15, -0.1) is 21.3 Å². The first-order chi connectivity index (χ1) is 27.9. The van der Waals surface area contributed by atoms with Crippen molar-refractivity contribution in [2.24, 2.45) is 0 Å². The number of nitriles is 4. The van der Waals surface area contributed by atoms with Crippen molar-refractivity contribution in [3.8, 4) is 68.8 Å². The third-order valence-corrected chi connectivity index (χ3v) is 11.0. The van der Waals surface area contributed by atoms with E-state index in [1.807, 2.05) is 60.7 Å². The minimum Gasteiger partial charge on any atom is -0.370 e. The molecule has 4 aromatic carbocycles. The second kappa shape index (κ2) is 12.7. The van der Waals surface area contributed by atoms with E-state index in [9.17, 15) is 21.0 Å². The molecule has 0 amide bonds. The van der Waals surface area contributed by atoms with Gasteiger partial charge in [-0.1, -0.05) is 43.5 Å². The smallest absolute Gasteiger partial charge is 0.294 e. The molecule has 2 aliphatic carbocycles. The molecule has 2 aliphatic rings. The fourth-order valence-corrected chi connectivity index (χ4v) is 8.79. The SMILES string of the molecule is [C-]#[N+]/C(C#N)=C1/c2cc(-c3ccc4nc(C#N)c(C#N)nc4c3)ccc2-c2c1sc1c2-c2ccc(-c3ccc4nc([N+]#[C-])c([N+]#[C-])nc4c3)cc2/C1=C(/C#N)[N+]#[C-]. The van der Waals surface area contributed by atoms with Crippen LogP contribution >= 0.6 is 11.3 Å². The zero-order chi connectivity index (χ0) is 39.5. The maximum atomic E-state index is 10.2. The predicted molar refractivity (Wildman–Crippen MR) is 211 cm³/mol. The Morgan fingerprint density at radius 2 is 0.895 bits per heavy atom. The summed E-state index contributed by atoms with van der Waals surface area (Å²) in [5.41, 5.74) is 9.89. The van der Waals surface area contributed by atoms with E-state index in [1.54, 1.807) is 24.3 Å². The average Bonchev–Trinajstić information content (AvgIpc) is 3.88. The van der Waals surface area contributed by atoms with Gasteiger partial charge in [-0.2, -0.15) is 10.5 Å². The average molecular weight is 741 g/mol. The molecule has 0 atom stereocenters. The van der Waals surface area contributed by atoms with Crippen molar-refractivity contribution < 1.29 is 0 Å². The zero-order valence-electron chi connectivity index (χ0n) is 28.7. The molecule has 7 aromatic rings. The summed E-state index contributed by atoms with van der Waals surface area (Å²) in [6.45, 7) is 30.7. The number of fused-ring (bicyclic) bond motifs is 9. The summed E-state index contributed by atoms with van der Waals surface area (Å²) in [6, 6.07) is 30.2. The Labute approximate surface area is 327 Å². The van der Waals surface area contributed by atoms with Crippen molar-refractivity contribution in [3.05, 3.63) is 162 Å². The number of nitrogens with zero attached hydrogens (tertiary/aromatic N) is 12. The van der Waals surface area contributed by atoms with Crippen molar-refractivity contribution in [2.45, 2.75) is 0 Å². The molecule has 0 aliphatic heterocycles. The number of allylic oxidation sites excluding steroid dienone is 2. The predicted octanol–water partition coefficient (Wildman–Crippen LogP) is 10.2. The maximum absolute atomic E-state index is 10.2. The summed E-state index contributed by atoms with van der Waals surface area (Å²) in [5, 5.41) is 39.3. The Kier molecular flexibility index (Phi) is 7.44. The number of aromatic nitrogens is 4. The van der Waals surface area contributed by atoms with E-state index in [-0.39, 0.29) is 34.4 Å². The highest BCUT2D eigenvalue weighted by molar-refractivity contribution is 7.16. The van der Waals surface area contributed by atoms with Gasteiger partial charge in [0.1, 0.15) is 12.1 Å². The Hall–Kier alpha value is -9.34. The number of thiophene rings is 1. The van der Waals surface area contributed by atoms with Crippen molar-refractivity contribution in [2.75, 3.05) is 0 Å². The van der Waals surface area contributed by atoms with Crippen LogP contribution in [0.4, 0.5) is 11.6 Å². The van der Waals surface area contributed by atoms with Crippen LogP contribution in [-0.2, 0) is 0 Å². The first kappa shape index (κ1) is 33.5. The van der Waals surface area contributed by atoms with Crippen LogP contribution in [-0.4, -0.2) is 19.9 Å². The quantitative estimate of drug-likeness (QED) is 0.125. The van der Waals surface area contributed by atoms with Crippen molar-refractivity contribution in [1.29, 1.82) is 21.0 Å². The third kappa shape index (κ3) is 4.84. The molecule has 57 heavy (non-hydrogen) atoms. The fraction of sp³-hybridized carbons (Fsp3) is 0. The molecule has 3 aromatic heterocycles. The minimum atomic E-state index is -0.102. The zero-order valence-corrected chi connectivity index (χ0v) is 29.5. The Morgan fingerprint density at radius 1 is 0.491 bits per heavy atom. The maximum Gasteiger partial charge on any atom is 0.294 e. The van der Waals surface area contributed by atoms with Crippen LogP contribution in [0.3, 0.4) is 0 Å². The van der Waals surface area contributed by atoms with Gasteiger partial charge in [-0.05, 0) is 87.0 Å². The van der Waals surface area contributed by atoms with Crippen molar-refractivity contribution >= 4 is 56.2 Å². The molecular weight excluding hydrogens is 729 g/mol. The van der Waals surface area contributed by atoms with Crippen LogP contribution < -0.4 is 0 Å². The minimum absolute atomic E-state index is 0.0580. The van der Waals surface area contributed by atoms with Gasteiger partial charge < -0.3 is 9.69 Å². The normalized spacial score (nSPS) is 13.2. The number of hydrogen-bond donors (Lipinski definition) is 0. The molecule has 12 nitrogen and oxygen atoms in total. The first-order valence-corrected chi connectivity index (χ1v) is 17.4. The Bertz CT molecular complexity index is 3250. The summed E-state index contributed by atoms with van der Waals surface area (Å²) >= 11 is 1.33. The molecular formula is C44H12N12S. The molecule has 0 spiro atoms. The second-order valence-corrected chi connectivity index (χ2v) is 13.6. The first-order valence-electron chi connectivity index (χ1n) is 16.6. The highest BCUT2D eigenvalue weighted by atomic mass is 32.1. The molecule has 0 saturated carbocycles. The van der Waals surface area contributed by atoms with Gasteiger partial charge in [-0.3, -0.25) is 0 Å². The second-order valence-electron chi connectivity index (χ2n) is 12.6. The third-order valence-electron chi connectivity index (χ3n) is 9.77. The number of rotatable bonds is 2. The molecule has 0 unspecified atom stereocenters. The monoisotopic (exact) mass is 740 g/mol. The van der Waals surface area contributed by atoms with Gasteiger partial charge in [-0.25, -0.2) is 30.2 Å². The lowest BCUT2D eigenvalue weighted by Crippen LogP contribution is -1.95. The van der Waals surface area contributed by atoms with E-state index in [0.29, 0.717) is 54.1 Å². The van der Waals surface area contributed by atoms with E-state index in [2.05, 4.69) is 51.5 Å². The molecule has 9 rings (SSSR count). The molecule has 0 radical (unpaired) electrons. The van der Waals surface area contributed by atoms with E-state index in [4.69, 9.17) is 26.3 Å². The lowest BCUT2D eigenvalue weighted by Gasteiger charge is -2.10. The van der Waals surface area contributed by atoms with Gasteiger partial charge in [0, 0.05) is 32.0 Å². The summed E-state index contributed by atoms with van der Waals surface area (Å²) in [4.78, 5) is 32.6. The topological polar surface area (TPSA) is 164 Å². The standard InChI is InChI=1S/C44H12N12S/c1-49-35(19-47)37-27-13-21(23-7-11-29-31(15-23)54-34(18-46)33(17-45)53-29)5-9-25(27)39-40-26-10-6-22(14-28(26)38(36(20-48)50-2)42(40)57-41(37)39)24-8-12-30-32(16-24)56-44(52-4)43(51-3)55-30/h5-16H/b37-35-,38-36+. The van der Waals surface area contributed by atoms with Crippen LogP contribution in [0.1, 0.15) is 32.3 Å². The fourth-order valence-electron chi connectivity index (χ4n) is 7.34. The van der Waals surface area contributed by atoms with Crippen molar-refractivity contribution in [1.82, 2.24) is 19.9 Å². The lowest BCUT2D eigenvalue weighted by atomic mass is 9.94. The molecule has 13 heteroatoms. The Morgan fingerprint density at radius 3 is 1.33 bits per heavy atom. The number of benzene rings is 4. The summed E-state index contributed by atoms with van der Waals surface area (Å²) in [7, 11) is 0. The molecule has 0 saturated heterocycles. The Balaban J connectivity index is 1.23. The van der Waals surface area contributed by atoms with E-state index >= 15 is 0 Å². The van der Waals surface area contributed by atoms with E-state index < -0.39 is 0 Å². The van der Waals surface area contributed by atoms with Gasteiger partial charge in [0.05, 0.1) is 36.3 Å². The summed E-state index contributed by atoms with van der Waals surface area (Å²) in [5.74, 6) is -0.152. The largest absolute Gasteiger partial charge is 0.370 e. The van der Waals surface area contributed by atoms with E-state index in [1.165, 1.54) is 11.3 Å². The van der Waals surface area contributed by atoms with Crippen LogP contribution in [0.2, 0.25) is 0 Å². The van der Waals surface area contributed by atoms with Crippen molar-refractivity contribution in [3.63, 3.8) is 0 Å². The lowest BCUT2D eigenvalue weighted by molar-refractivity contribution is 1.20. The number of hydrogen-bond acceptors (Lipinski definition) is 9. The van der Waals surface area contributed by atoms with Gasteiger partial charge in [0.25, 0.3) is 23.0 Å². The van der Waals surface area contributed by atoms with Crippen LogP contribution in [0, 0.1) is 71.6 Å². The highest BCUT2D eigenvalue weighted by Crippen LogP contribution is 2.62. The summed E-state index contributed by atoms with van der Waals surface area (Å²) < 4.78 is 0. The molecule has 0 N–H and O–H groups in total. The molecule has 0 bridgehead atoms. The van der Waals surface area contributed by atoms with Crippen LogP contribution in [0.15, 0.2) is 84.2 Å². The molecule has 0 fully saturated rings. The van der Waals surface area contributed by atoms with Crippen LogP contribution in [0.5, 0.6) is 0 Å². The van der Waals surface area contributed by atoms with Crippen LogP contribution in [0.25, 0.3) is 97.1 Å². The highest BCUT2D eigenvalue weighted by Gasteiger charge is 2.39. The molecule has 254 valence electrons. The molecule has 3 heterocycles. The van der Waals surface area contributed by atoms with Gasteiger partial charge in [0.2, 0.25) is 11.0 Å².